The van der Waals surface area contributed by atoms with E-state index in [9.17, 15) is 9.90 Å². The first-order chi connectivity index (χ1) is 11.0. The van der Waals surface area contributed by atoms with Crippen LogP contribution >= 0.6 is 0 Å². The van der Waals surface area contributed by atoms with Crippen molar-refractivity contribution in [2.75, 3.05) is 6.61 Å². The van der Waals surface area contributed by atoms with Crippen molar-refractivity contribution in [1.29, 1.82) is 0 Å². The second kappa shape index (κ2) is 9.82. The summed E-state index contributed by atoms with van der Waals surface area (Å²) in [6.45, 7) is 15.6. The fourth-order valence-electron chi connectivity index (χ4n) is 2.16. The van der Waals surface area contributed by atoms with E-state index in [0.717, 1.165) is 16.5 Å². The topological polar surface area (TPSA) is 59.4 Å². The molecule has 4 heteroatoms. The zero-order valence-corrected chi connectivity index (χ0v) is 15.6. The third-order valence-electron chi connectivity index (χ3n) is 3.16. The van der Waals surface area contributed by atoms with Gasteiger partial charge in [0.25, 0.3) is 0 Å². The molecule has 2 aromatic rings. The minimum absolute atomic E-state index is 0.166. The van der Waals surface area contributed by atoms with Crippen molar-refractivity contribution in [2.45, 2.75) is 55.4 Å². The van der Waals surface area contributed by atoms with Crippen LogP contribution in [0.3, 0.4) is 0 Å². The zero-order chi connectivity index (χ0) is 18.2. The van der Waals surface area contributed by atoms with Crippen LogP contribution in [0.15, 0.2) is 12.1 Å². The second-order valence-electron chi connectivity index (χ2n) is 4.60. The molecule has 1 aromatic carbocycles. The Morgan fingerprint density at radius 3 is 2.17 bits per heavy atom. The average molecular weight is 319 g/mol. The molecule has 0 fully saturated rings. The monoisotopic (exact) mass is 319 g/mol. The van der Waals surface area contributed by atoms with Crippen molar-refractivity contribution < 1.29 is 14.6 Å². The number of pyridine rings is 1. The van der Waals surface area contributed by atoms with Crippen LogP contribution in [0.25, 0.3) is 10.9 Å². The Kier molecular flexibility index (Phi) is 8.93. The molecule has 1 N–H and O–H groups in total. The van der Waals surface area contributed by atoms with Gasteiger partial charge in [-0.1, -0.05) is 33.8 Å². The summed E-state index contributed by atoms with van der Waals surface area (Å²) in [5, 5.41) is 10.8. The van der Waals surface area contributed by atoms with Crippen LogP contribution in [0.2, 0.25) is 0 Å². The molecule has 0 radical (unpaired) electrons. The number of carbonyl (C=O) groups excluding carboxylic acids is 1. The number of benzene rings is 1. The number of phenols is 1. The van der Waals surface area contributed by atoms with Gasteiger partial charge in [0, 0.05) is 5.39 Å². The highest BCUT2D eigenvalue weighted by Crippen LogP contribution is 2.31. The molecule has 0 amide bonds. The summed E-state index contributed by atoms with van der Waals surface area (Å²) < 4.78 is 5.01. The molecule has 0 spiro atoms. The van der Waals surface area contributed by atoms with Crippen LogP contribution in [-0.4, -0.2) is 22.7 Å². The van der Waals surface area contributed by atoms with Gasteiger partial charge in [0.05, 0.1) is 17.9 Å². The third-order valence-corrected chi connectivity index (χ3v) is 3.16. The molecule has 23 heavy (non-hydrogen) atoms. The van der Waals surface area contributed by atoms with Crippen LogP contribution in [0.5, 0.6) is 5.75 Å². The minimum Gasteiger partial charge on any atom is -0.505 e. The van der Waals surface area contributed by atoms with E-state index in [1.165, 1.54) is 0 Å². The molecule has 0 aliphatic heterocycles. The summed E-state index contributed by atoms with van der Waals surface area (Å²) in [6.07, 6.45) is 0. The third kappa shape index (κ3) is 4.68. The number of esters is 1. The van der Waals surface area contributed by atoms with Gasteiger partial charge in [0.2, 0.25) is 0 Å². The number of nitrogens with zero attached hydrogens (tertiary/aromatic N) is 1. The summed E-state index contributed by atoms with van der Waals surface area (Å²) >= 11 is 0. The predicted molar refractivity (Wildman–Crippen MR) is 96.3 cm³/mol. The maximum absolute atomic E-state index is 11.8. The van der Waals surface area contributed by atoms with Gasteiger partial charge >= 0.3 is 5.97 Å². The molecule has 0 aliphatic rings. The first-order valence-corrected chi connectivity index (χ1v) is 8.23. The molecule has 0 aliphatic carbocycles. The van der Waals surface area contributed by atoms with E-state index in [1.54, 1.807) is 19.9 Å². The smallest absolute Gasteiger partial charge is 0.339 e. The van der Waals surface area contributed by atoms with Crippen LogP contribution in [0.1, 0.15) is 61.8 Å². The Morgan fingerprint density at radius 1 is 1.09 bits per heavy atom. The van der Waals surface area contributed by atoms with Crippen molar-refractivity contribution in [2.24, 2.45) is 0 Å². The van der Waals surface area contributed by atoms with Crippen molar-refractivity contribution >= 4 is 16.9 Å². The lowest BCUT2D eigenvalue weighted by molar-refractivity contribution is 0.0525. The van der Waals surface area contributed by atoms with Crippen molar-refractivity contribution in [3.8, 4) is 5.75 Å². The molecule has 2 rings (SSSR count). The van der Waals surface area contributed by atoms with Gasteiger partial charge < -0.3 is 9.84 Å². The molecule has 0 saturated carbocycles. The van der Waals surface area contributed by atoms with Crippen molar-refractivity contribution in [3.05, 3.63) is 34.5 Å². The summed E-state index contributed by atoms with van der Waals surface area (Å²) in [6, 6.07) is 3.62. The molecule has 1 aromatic heterocycles. The molecule has 4 nitrogen and oxygen atoms in total. The first kappa shape index (κ1) is 20.9. The Bertz CT molecular complexity index is 663. The van der Waals surface area contributed by atoms with Gasteiger partial charge in [0.15, 0.2) is 0 Å². The zero-order valence-electron chi connectivity index (χ0n) is 15.6. The lowest BCUT2D eigenvalue weighted by Gasteiger charge is -2.11. The van der Waals surface area contributed by atoms with Crippen molar-refractivity contribution in [3.63, 3.8) is 0 Å². The average Bonchev–Trinajstić information content (AvgIpc) is 2.56. The largest absolute Gasteiger partial charge is 0.505 e. The Hall–Kier alpha value is -2.10. The van der Waals surface area contributed by atoms with E-state index in [0.29, 0.717) is 23.4 Å². The molecular formula is C19H29NO3. The summed E-state index contributed by atoms with van der Waals surface area (Å²) in [5.74, 6) is -0.215. The molecule has 0 atom stereocenters. The number of aromatic hydroxyl groups is 1. The molecule has 0 unspecified atom stereocenters. The van der Waals surface area contributed by atoms with Gasteiger partial charge in [-0.3, -0.25) is 0 Å². The highest BCUT2D eigenvalue weighted by Gasteiger charge is 2.16. The van der Waals surface area contributed by atoms with Crippen molar-refractivity contribution in [1.82, 2.24) is 4.98 Å². The maximum atomic E-state index is 11.8. The van der Waals surface area contributed by atoms with E-state index in [-0.39, 0.29) is 11.7 Å². The number of ether oxygens (including phenoxy) is 1. The highest BCUT2D eigenvalue weighted by molar-refractivity contribution is 5.97. The molecule has 0 bridgehead atoms. The van der Waals surface area contributed by atoms with Gasteiger partial charge in [-0.2, -0.15) is 0 Å². The van der Waals surface area contributed by atoms with Gasteiger partial charge in [-0.25, -0.2) is 9.78 Å². The Morgan fingerprint density at radius 2 is 1.65 bits per heavy atom. The van der Waals surface area contributed by atoms with Gasteiger partial charge in [-0.05, 0) is 44.9 Å². The normalized spacial score (nSPS) is 9.39. The van der Waals surface area contributed by atoms with Crippen LogP contribution in [0.4, 0.5) is 0 Å². The standard InChI is InChI=1S/C15H17NO3.2C2H6/c1-5-19-15(18)12-7-11-8(2)6-9(3)14(17)13(11)16-10(12)4;2*1-2/h6-7,17H,5H2,1-4H3;2*1-2H3. The number of aromatic nitrogens is 1. The number of carbonyl (C=O) groups is 1. The molecular weight excluding hydrogens is 290 g/mol. The molecule has 128 valence electrons. The minimum atomic E-state index is -0.381. The van der Waals surface area contributed by atoms with Crippen LogP contribution in [0, 0.1) is 20.8 Å². The molecule has 1 heterocycles. The summed E-state index contributed by atoms with van der Waals surface area (Å²) in [7, 11) is 0. The van der Waals surface area contributed by atoms with E-state index in [4.69, 9.17) is 4.74 Å². The predicted octanol–water partition coefficient (Wildman–Crippen LogP) is 5.09. The van der Waals surface area contributed by atoms with E-state index in [1.807, 2.05) is 47.6 Å². The van der Waals surface area contributed by atoms with E-state index in [2.05, 4.69) is 4.98 Å². The lowest BCUT2D eigenvalue weighted by atomic mass is 10.0. The fourth-order valence-corrected chi connectivity index (χ4v) is 2.16. The Balaban J connectivity index is 0.00000112. The Labute approximate surface area is 139 Å². The van der Waals surface area contributed by atoms with Gasteiger partial charge in [-0.15, -0.1) is 0 Å². The number of rotatable bonds is 2. The number of aryl methyl sites for hydroxylation is 3. The number of hydrogen-bond donors (Lipinski definition) is 1. The maximum Gasteiger partial charge on any atom is 0.339 e. The van der Waals surface area contributed by atoms with E-state index < -0.39 is 0 Å². The number of fused-ring (bicyclic) bond motifs is 1. The fraction of sp³-hybridized carbons (Fsp3) is 0.474. The lowest BCUT2D eigenvalue weighted by Crippen LogP contribution is -2.08. The van der Waals surface area contributed by atoms with Crippen LogP contribution < -0.4 is 0 Å². The van der Waals surface area contributed by atoms with E-state index >= 15 is 0 Å². The highest BCUT2D eigenvalue weighted by atomic mass is 16.5. The second-order valence-corrected chi connectivity index (χ2v) is 4.60. The number of phenolic OH excluding ortho intramolecular Hbond substituents is 1. The summed E-state index contributed by atoms with van der Waals surface area (Å²) in [4.78, 5) is 16.2. The number of hydrogen-bond acceptors (Lipinski definition) is 4. The van der Waals surface area contributed by atoms with Crippen LogP contribution in [-0.2, 0) is 4.74 Å². The van der Waals surface area contributed by atoms with Gasteiger partial charge in [0.1, 0.15) is 11.3 Å². The molecule has 0 saturated heterocycles. The summed E-state index contributed by atoms with van der Waals surface area (Å²) in [5.41, 5.74) is 3.29. The quantitative estimate of drug-likeness (QED) is 0.783. The SMILES string of the molecule is CC.CC.CCOC(=O)c1cc2c(C)cc(C)c(O)c2nc1C. The first-order valence-electron chi connectivity index (χ1n) is 8.23.